The van der Waals surface area contributed by atoms with Gasteiger partial charge in [0.05, 0.1) is 13.2 Å². The molecule has 0 spiro atoms. The van der Waals surface area contributed by atoms with Crippen LogP contribution in [0.2, 0.25) is 0 Å². The Balaban J connectivity index is 2.49. The molecule has 0 saturated heterocycles. The topological polar surface area (TPSA) is 43.8 Å². The number of hydrogen-bond donors (Lipinski definition) is 1. The summed E-state index contributed by atoms with van der Waals surface area (Å²) in [4.78, 5) is 16.1. The van der Waals surface area contributed by atoms with Gasteiger partial charge in [-0.25, -0.2) is 0 Å². The number of rotatable bonds is 8. The summed E-state index contributed by atoms with van der Waals surface area (Å²) in [5.74, 6) is 0.140. The Kier molecular flexibility index (Phi) is 6.36. The molecule has 1 fully saturated rings. The van der Waals surface area contributed by atoms with Crippen LogP contribution in [0.3, 0.4) is 0 Å². The van der Waals surface area contributed by atoms with Gasteiger partial charge >= 0.3 is 0 Å². The summed E-state index contributed by atoms with van der Waals surface area (Å²) < 4.78 is 0. The molecule has 1 amide bonds. The van der Waals surface area contributed by atoms with Gasteiger partial charge in [0, 0.05) is 25.7 Å². The minimum Gasteiger partial charge on any atom is -0.395 e. The highest BCUT2D eigenvalue weighted by molar-refractivity contribution is 5.78. The maximum absolute atomic E-state index is 12.2. The van der Waals surface area contributed by atoms with Crippen LogP contribution in [0, 0.1) is 0 Å². The van der Waals surface area contributed by atoms with E-state index in [-0.39, 0.29) is 12.5 Å². The van der Waals surface area contributed by atoms with Crippen molar-refractivity contribution in [3.63, 3.8) is 0 Å². The smallest absolute Gasteiger partial charge is 0.237 e. The van der Waals surface area contributed by atoms with Crippen molar-refractivity contribution in [2.75, 3.05) is 32.8 Å². The molecule has 0 unspecified atom stereocenters. The Labute approximate surface area is 110 Å². The number of nitrogens with zero attached hydrogens (tertiary/aromatic N) is 2. The maximum Gasteiger partial charge on any atom is 0.237 e. The van der Waals surface area contributed by atoms with Crippen molar-refractivity contribution in [1.82, 2.24) is 9.80 Å². The van der Waals surface area contributed by atoms with Gasteiger partial charge in [-0.2, -0.15) is 0 Å². The molecule has 1 aliphatic rings. The molecule has 4 heteroatoms. The minimum absolute atomic E-state index is 0.121. The molecular weight excluding hydrogens is 228 g/mol. The lowest BCUT2D eigenvalue weighted by Gasteiger charge is -2.37. The zero-order valence-corrected chi connectivity index (χ0v) is 11.7. The van der Waals surface area contributed by atoms with E-state index in [1.807, 2.05) is 18.7 Å². The summed E-state index contributed by atoms with van der Waals surface area (Å²) in [6.45, 7) is 10.3. The van der Waals surface area contributed by atoms with Gasteiger partial charge in [0.15, 0.2) is 0 Å². The second-order valence-electron chi connectivity index (χ2n) is 5.14. The predicted molar refractivity (Wildman–Crippen MR) is 73.4 cm³/mol. The first kappa shape index (κ1) is 15.2. The van der Waals surface area contributed by atoms with Crippen molar-refractivity contribution < 1.29 is 9.90 Å². The van der Waals surface area contributed by atoms with Crippen LogP contribution in [0.1, 0.15) is 33.1 Å². The molecule has 104 valence electrons. The Morgan fingerprint density at radius 2 is 2.06 bits per heavy atom. The molecule has 0 aromatic rings. The van der Waals surface area contributed by atoms with Gasteiger partial charge in [-0.3, -0.25) is 9.69 Å². The van der Waals surface area contributed by atoms with Gasteiger partial charge in [0.2, 0.25) is 5.91 Å². The highest BCUT2D eigenvalue weighted by Crippen LogP contribution is 2.24. The van der Waals surface area contributed by atoms with Gasteiger partial charge in [0.25, 0.3) is 0 Å². The summed E-state index contributed by atoms with van der Waals surface area (Å²) in [6.07, 6.45) is 3.55. The van der Waals surface area contributed by atoms with Gasteiger partial charge in [-0.15, -0.1) is 0 Å². The van der Waals surface area contributed by atoms with Crippen molar-refractivity contribution in [3.8, 4) is 0 Å². The second kappa shape index (κ2) is 7.54. The maximum atomic E-state index is 12.2. The number of likely N-dealkylation sites (N-methyl/N-ethyl adjacent to an activating group) is 1. The van der Waals surface area contributed by atoms with E-state index in [1.165, 1.54) is 6.42 Å². The normalized spacial score (nSPS) is 15.6. The van der Waals surface area contributed by atoms with E-state index >= 15 is 0 Å². The van der Waals surface area contributed by atoms with Gasteiger partial charge < -0.3 is 10.0 Å². The molecular formula is C14H26N2O2. The highest BCUT2D eigenvalue weighted by Gasteiger charge is 2.27. The van der Waals surface area contributed by atoms with E-state index in [4.69, 9.17) is 5.11 Å². The standard InChI is InChI=1S/C14H26N2O2/c1-4-15(10-12(2)3)14(18)11-16(8-9-17)13-6-5-7-13/h13,17H,2,4-11H2,1,3H3. The third-order valence-corrected chi connectivity index (χ3v) is 3.51. The SMILES string of the molecule is C=C(C)CN(CC)C(=O)CN(CCO)C1CCC1. The van der Waals surface area contributed by atoms with Crippen molar-refractivity contribution >= 4 is 5.91 Å². The van der Waals surface area contributed by atoms with E-state index in [0.717, 1.165) is 18.4 Å². The second-order valence-corrected chi connectivity index (χ2v) is 5.14. The van der Waals surface area contributed by atoms with E-state index < -0.39 is 0 Å². The van der Waals surface area contributed by atoms with Crippen LogP contribution in [0.25, 0.3) is 0 Å². The van der Waals surface area contributed by atoms with Crippen LogP contribution in [0.5, 0.6) is 0 Å². The van der Waals surface area contributed by atoms with Crippen molar-refractivity contribution in [3.05, 3.63) is 12.2 Å². The number of aliphatic hydroxyl groups excluding tert-OH is 1. The largest absolute Gasteiger partial charge is 0.395 e. The molecule has 1 aliphatic carbocycles. The number of amides is 1. The average molecular weight is 254 g/mol. The summed E-state index contributed by atoms with van der Waals surface area (Å²) in [7, 11) is 0. The van der Waals surface area contributed by atoms with Crippen molar-refractivity contribution in [2.45, 2.75) is 39.2 Å². The molecule has 0 bridgehead atoms. The quantitative estimate of drug-likeness (QED) is 0.663. The molecule has 0 radical (unpaired) electrons. The molecule has 1 N–H and O–H groups in total. The molecule has 0 aromatic heterocycles. The zero-order chi connectivity index (χ0) is 13.5. The van der Waals surface area contributed by atoms with E-state index in [1.54, 1.807) is 0 Å². The Bertz CT molecular complexity index is 288. The average Bonchev–Trinajstić information content (AvgIpc) is 2.23. The summed E-state index contributed by atoms with van der Waals surface area (Å²) in [5, 5.41) is 9.08. The third-order valence-electron chi connectivity index (χ3n) is 3.51. The van der Waals surface area contributed by atoms with E-state index in [9.17, 15) is 4.79 Å². The Hall–Kier alpha value is -0.870. The summed E-state index contributed by atoms with van der Waals surface area (Å²) in [6, 6.07) is 0.490. The molecule has 0 heterocycles. The monoisotopic (exact) mass is 254 g/mol. The van der Waals surface area contributed by atoms with E-state index in [0.29, 0.717) is 32.2 Å². The fraction of sp³-hybridized carbons (Fsp3) is 0.786. The molecule has 0 aromatic carbocycles. The molecule has 4 nitrogen and oxygen atoms in total. The first-order chi connectivity index (χ1) is 8.58. The molecule has 1 saturated carbocycles. The lowest BCUT2D eigenvalue weighted by Crippen LogP contribution is -2.48. The molecule has 1 rings (SSSR count). The number of aliphatic hydroxyl groups is 1. The molecule has 18 heavy (non-hydrogen) atoms. The van der Waals surface area contributed by atoms with E-state index in [2.05, 4.69) is 11.5 Å². The third kappa shape index (κ3) is 4.42. The van der Waals surface area contributed by atoms with Crippen molar-refractivity contribution in [1.29, 1.82) is 0 Å². The first-order valence-electron chi connectivity index (χ1n) is 6.85. The van der Waals surface area contributed by atoms with Crippen LogP contribution in [-0.2, 0) is 4.79 Å². The number of hydrogen-bond acceptors (Lipinski definition) is 3. The minimum atomic E-state index is 0.121. The van der Waals surface area contributed by atoms with Crippen LogP contribution >= 0.6 is 0 Å². The predicted octanol–water partition coefficient (Wildman–Crippen LogP) is 1.26. The van der Waals surface area contributed by atoms with Crippen LogP contribution in [-0.4, -0.2) is 59.6 Å². The van der Waals surface area contributed by atoms with Gasteiger partial charge in [0.1, 0.15) is 0 Å². The summed E-state index contributed by atoms with van der Waals surface area (Å²) >= 11 is 0. The number of carbonyl (C=O) groups is 1. The lowest BCUT2D eigenvalue weighted by molar-refractivity contribution is -0.133. The van der Waals surface area contributed by atoms with Gasteiger partial charge in [-0.1, -0.05) is 18.6 Å². The Morgan fingerprint density at radius 1 is 1.39 bits per heavy atom. The highest BCUT2D eigenvalue weighted by atomic mass is 16.3. The van der Waals surface area contributed by atoms with Crippen molar-refractivity contribution in [2.24, 2.45) is 0 Å². The molecule has 0 atom stereocenters. The molecule has 0 aliphatic heterocycles. The first-order valence-corrected chi connectivity index (χ1v) is 6.85. The fourth-order valence-electron chi connectivity index (χ4n) is 2.25. The van der Waals surface area contributed by atoms with Gasteiger partial charge in [-0.05, 0) is 26.7 Å². The van der Waals surface area contributed by atoms with Crippen LogP contribution < -0.4 is 0 Å². The Morgan fingerprint density at radius 3 is 2.44 bits per heavy atom. The van der Waals surface area contributed by atoms with Crippen LogP contribution in [0.15, 0.2) is 12.2 Å². The summed E-state index contributed by atoms with van der Waals surface area (Å²) in [5.41, 5.74) is 1.00. The fourth-order valence-corrected chi connectivity index (χ4v) is 2.25. The lowest BCUT2D eigenvalue weighted by atomic mass is 9.91. The number of carbonyl (C=O) groups excluding carboxylic acids is 1. The zero-order valence-electron chi connectivity index (χ0n) is 11.7. The van der Waals surface area contributed by atoms with Crippen LogP contribution in [0.4, 0.5) is 0 Å².